The molecule has 4 nitrogen and oxygen atoms in total. The molecule has 20 heavy (non-hydrogen) atoms. The van der Waals surface area contributed by atoms with E-state index in [0.717, 1.165) is 17.9 Å². The van der Waals surface area contributed by atoms with E-state index in [9.17, 15) is 9.18 Å². The minimum absolute atomic E-state index is 0.0947. The number of hydrogen-bond acceptors (Lipinski definition) is 2. The van der Waals surface area contributed by atoms with Crippen LogP contribution in [0.4, 0.5) is 4.39 Å². The van der Waals surface area contributed by atoms with Gasteiger partial charge in [0.1, 0.15) is 5.82 Å². The van der Waals surface area contributed by atoms with Crippen LogP contribution in [0.2, 0.25) is 0 Å². The van der Waals surface area contributed by atoms with Crippen molar-refractivity contribution in [3.05, 3.63) is 47.5 Å². The van der Waals surface area contributed by atoms with Crippen molar-refractivity contribution in [2.24, 2.45) is 5.92 Å². The average Bonchev–Trinajstić information content (AvgIpc) is 3.19. The third-order valence-corrected chi connectivity index (χ3v) is 3.57. The SMILES string of the molecule is Cc1c(C(=O)NCC2CC2)cnn1-c1ccc(F)cc1. The topological polar surface area (TPSA) is 46.9 Å². The molecule has 1 aliphatic carbocycles. The number of nitrogens with one attached hydrogen (secondary N) is 1. The van der Waals surface area contributed by atoms with Gasteiger partial charge in [-0.2, -0.15) is 5.10 Å². The van der Waals surface area contributed by atoms with Crippen molar-refractivity contribution in [3.63, 3.8) is 0 Å². The van der Waals surface area contributed by atoms with Gasteiger partial charge in [-0.15, -0.1) is 0 Å². The molecule has 0 atom stereocenters. The summed E-state index contributed by atoms with van der Waals surface area (Å²) in [6.45, 7) is 2.57. The van der Waals surface area contributed by atoms with Gasteiger partial charge in [0.15, 0.2) is 0 Å². The number of carbonyl (C=O) groups is 1. The van der Waals surface area contributed by atoms with Gasteiger partial charge in [-0.1, -0.05) is 0 Å². The normalized spacial score (nSPS) is 14.3. The second kappa shape index (κ2) is 5.07. The standard InChI is InChI=1S/C15H16FN3O/c1-10-14(15(20)17-8-11-2-3-11)9-18-19(10)13-6-4-12(16)5-7-13/h4-7,9,11H,2-3,8H2,1H3,(H,17,20). The van der Waals surface area contributed by atoms with Crippen LogP contribution in [0.15, 0.2) is 30.5 Å². The molecule has 0 aliphatic heterocycles. The molecule has 2 aromatic rings. The van der Waals surface area contributed by atoms with Crippen LogP contribution in [0.3, 0.4) is 0 Å². The minimum Gasteiger partial charge on any atom is -0.352 e. The summed E-state index contributed by atoms with van der Waals surface area (Å²) in [5, 5.41) is 7.14. The molecule has 1 aromatic heterocycles. The Labute approximate surface area is 116 Å². The number of carbonyl (C=O) groups excluding carboxylic acids is 1. The smallest absolute Gasteiger partial charge is 0.254 e. The fourth-order valence-corrected chi connectivity index (χ4v) is 2.13. The molecule has 0 bridgehead atoms. The summed E-state index contributed by atoms with van der Waals surface area (Å²) in [6, 6.07) is 6.04. The van der Waals surface area contributed by atoms with E-state index in [0.29, 0.717) is 11.5 Å². The van der Waals surface area contributed by atoms with E-state index in [-0.39, 0.29) is 11.7 Å². The second-order valence-corrected chi connectivity index (χ2v) is 5.19. The first kappa shape index (κ1) is 12.8. The third kappa shape index (κ3) is 2.57. The fraction of sp³-hybridized carbons (Fsp3) is 0.333. The van der Waals surface area contributed by atoms with Crippen LogP contribution in [0.5, 0.6) is 0 Å². The van der Waals surface area contributed by atoms with Crippen LogP contribution in [0, 0.1) is 18.7 Å². The largest absolute Gasteiger partial charge is 0.352 e. The predicted octanol–water partition coefficient (Wildman–Crippen LogP) is 2.46. The maximum absolute atomic E-state index is 12.9. The number of nitrogens with zero attached hydrogens (tertiary/aromatic N) is 2. The van der Waals surface area contributed by atoms with Gasteiger partial charge in [-0.05, 0) is 49.9 Å². The highest BCUT2D eigenvalue weighted by atomic mass is 19.1. The fourth-order valence-electron chi connectivity index (χ4n) is 2.13. The van der Waals surface area contributed by atoms with E-state index in [2.05, 4.69) is 10.4 Å². The van der Waals surface area contributed by atoms with Crippen molar-refractivity contribution >= 4 is 5.91 Å². The molecule has 1 aromatic carbocycles. The Balaban J connectivity index is 1.80. The number of halogens is 1. The van der Waals surface area contributed by atoms with Gasteiger partial charge in [-0.25, -0.2) is 9.07 Å². The summed E-state index contributed by atoms with van der Waals surface area (Å²) in [6.07, 6.45) is 3.96. The van der Waals surface area contributed by atoms with Crippen LogP contribution in [-0.4, -0.2) is 22.2 Å². The summed E-state index contributed by atoms with van der Waals surface area (Å²) in [5.41, 5.74) is 2.06. The highest BCUT2D eigenvalue weighted by Crippen LogP contribution is 2.27. The van der Waals surface area contributed by atoms with Crippen molar-refractivity contribution < 1.29 is 9.18 Å². The maximum atomic E-state index is 12.9. The van der Waals surface area contributed by atoms with E-state index in [1.165, 1.54) is 25.0 Å². The minimum atomic E-state index is -0.291. The summed E-state index contributed by atoms with van der Waals surface area (Å²) in [7, 11) is 0. The van der Waals surface area contributed by atoms with E-state index >= 15 is 0 Å². The van der Waals surface area contributed by atoms with Crippen LogP contribution < -0.4 is 5.32 Å². The van der Waals surface area contributed by atoms with E-state index < -0.39 is 0 Å². The summed E-state index contributed by atoms with van der Waals surface area (Å²) in [5.74, 6) is 0.259. The van der Waals surface area contributed by atoms with Gasteiger partial charge in [-0.3, -0.25) is 4.79 Å². The van der Waals surface area contributed by atoms with Crippen LogP contribution in [0.25, 0.3) is 5.69 Å². The zero-order valence-corrected chi connectivity index (χ0v) is 11.3. The van der Waals surface area contributed by atoms with Crippen LogP contribution in [0.1, 0.15) is 28.9 Å². The summed E-state index contributed by atoms with van der Waals surface area (Å²) < 4.78 is 14.6. The number of amides is 1. The van der Waals surface area contributed by atoms with E-state index in [1.807, 2.05) is 6.92 Å². The van der Waals surface area contributed by atoms with Crippen molar-refractivity contribution in [2.75, 3.05) is 6.54 Å². The van der Waals surface area contributed by atoms with Crippen LogP contribution in [-0.2, 0) is 0 Å². The quantitative estimate of drug-likeness (QED) is 0.930. The number of aromatic nitrogens is 2. The summed E-state index contributed by atoms with van der Waals surface area (Å²) >= 11 is 0. The van der Waals surface area contributed by atoms with E-state index in [4.69, 9.17) is 0 Å². The Kier molecular flexibility index (Phi) is 3.26. The number of rotatable bonds is 4. The molecular weight excluding hydrogens is 257 g/mol. The zero-order valence-electron chi connectivity index (χ0n) is 11.3. The number of hydrogen-bond donors (Lipinski definition) is 1. The molecule has 0 radical (unpaired) electrons. The summed E-state index contributed by atoms with van der Waals surface area (Å²) in [4.78, 5) is 12.1. The lowest BCUT2D eigenvalue weighted by Gasteiger charge is -2.06. The highest BCUT2D eigenvalue weighted by molar-refractivity contribution is 5.95. The van der Waals surface area contributed by atoms with Crippen LogP contribution >= 0.6 is 0 Å². The molecule has 1 N–H and O–H groups in total. The first-order valence-electron chi connectivity index (χ1n) is 6.74. The molecule has 0 unspecified atom stereocenters. The Hall–Kier alpha value is -2.17. The second-order valence-electron chi connectivity index (χ2n) is 5.19. The molecule has 1 fully saturated rings. The van der Waals surface area contributed by atoms with Gasteiger partial charge in [0.2, 0.25) is 0 Å². The van der Waals surface area contributed by atoms with E-state index in [1.54, 1.807) is 23.0 Å². The maximum Gasteiger partial charge on any atom is 0.254 e. The molecule has 1 amide bonds. The molecule has 0 spiro atoms. The van der Waals surface area contributed by atoms with Crippen molar-refractivity contribution in [1.29, 1.82) is 0 Å². The molecule has 5 heteroatoms. The number of benzene rings is 1. The molecular formula is C15H16FN3O. The Morgan fingerprint density at radius 2 is 2.10 bits per heavy atom. The average molecular weight is 273 g/mol. The predicted molar refractivity (Wildman–Crippen MR) is 73.3 cm³/mol. The van der Waals surface area contributed by atoms with Crippen molar-refractivity contribution in [2.45, 2.75) is 19.8 Å². The zero-order chi connectivity index (χ0) is 14.1. The Morgan fingerprint density at radius 1 is 1.40 bits per heavy atom. The lowest BCUT2D eigenvalue weighted by molar-refractivity contribution is 0.0951. The molecule has 1 heterocycles. The lowest BCUT2D eigenvalue weighted by atomic mass is 10.2. The molecule has 3 rings (SSSR count). The first-order valence-corrected chi connectivity index (χ1v) is 6.74. The molecule has 1 aliphatic rings. The Bertz CT molecular complexity index is 629. The first-order chi connectivity index (χ1) is 9.65. The molecule has 0 saturated heterocycles. The van der Waals surface area contributed by atoms with Gasteiger partial charge < -0.3 is 5.32 Å². The molecule has 104 valence electrons. The van der Waals surface area contributed by atoms with Crippen molar-refractivity contribution in [3.8, 4) is 5.69 Å². The van der Waals surface area contributed by atoms with Gasteiger partial charge in [0, 0.05) is 6.54 Å². The van der Waals surface area contributed by atoms with Gasteiger partial charge in [0.05, 0.1) is 23.1 Å². The highest BCUT2D eigenvalue weighted by Gasteiger charge is 2.23. The van der Waals surface area contributed by atoms with Gasteiger partial charge in [0.25, 0.3) is 5.91 Å². The third-order valence-electron chi connectivity index (χ3n) is 3.57. The lowest BCUT2D eigenvalue weighted by Crippen LogP contribution is -2.25. The molecule has 1 saturated carbocycles. The van der Waals surface area contributed by atoms with Gasteiger partial charge >= 0.3 is 0 Å². The monoisotopic (exact) mass is 273 g/mol. The Morgan fingerprint density at radius 3 is 2.75 bits per heavy atom. The van der Waals surface area contributed by atoms with Crippen molar-refractivity contribution in [1.82, 2.24) is 15.1 Å².